The molecule has 0 aliphatic heterocycles. The number of rotatable bonds is 3. The molecule has 2 aromatic rings. The maximum atomic E-state index is 13.6. The second kappa shape index (κ2) is 5.55. The maximum Gasteiger partial charge on any atom is 0.166 e. The molecule has 0 heterocycles. The van der Waals surface area contributed by atoms with Crippen molar-refractivity contribution in [3.8, 4) is 11.5 Å². The summed E-state index contributed by atoms with van der Waals surface area (Å²) in [4.78, 5) is 0. The van der Waals surface area contributed by atoms with Gasteiger partial charge >= 0.3 is 0 Å². The molecule has 18 heavy (non-hydrogen) atoms. The van der Waals surface area contributed by atoms with Gasteiger partial charge in [-0.2, -0.15) is 0 Å². The largest absolute Gasteiger partial charge is 0.454 e. The molecule has 0 saturated carbocycles. The van der Waals surface area contributed by atoms with Crippen molar-refractivity contribution in [3.05, 3.63) is 58.6 Å². The van der Waals surface area contributed by atoms with E-state index in [0.29, 0.717) is 5.56 Å². The molecule has 0 bridgehead atoms. The first kappa shape index (κ1) is 13.1. The van der Waals surface area contributed by atoms with Crippen molar-refractivity contribution in [2.45, 2.75) is 5.88 Å². The normalized spacial score (nSPS) is 10.4. The third-order valence-electron chi connectivity index (χ3n) is 2.27. The molecule has 5 heteroatoms. The third kappa shape index (κ3) is 2.92. The van der Waals surface area contributed by atoms with Crippen molar-refractivity contribution in [3.63, 3.8) is 0 Å². The van der Waals surface area contributed by atoms with E-state index in [2.05, 4.69) is 0 Å². The van der Waals surface area contributed by atoms with Crippen LogP contribution in [0.2, 0.25) is 5.02 Å². The van der Waals surface area contributed by atoms with Gasteiger partial charge in [0, 0.05) is 11.9 Å². The third-order valence-corrected chi connectivity index (χ3v) is 2.88. The van der Waals surface area contributed by atoms with E-state index in [1.165, 1.54) is 24.3 Å². The molecule has 0 fully saturated rings. The molecule has 0 atom stereocenters. The lowest BCUT2D eigenvalue weighted by atomic mass is 10.2. The number of ether oxygens (including phenoxy) is 1. The van der Waals surface area contributed by atoms with E-state index in [4.69, 9.17) is 27.9 Å². The van der Waals surface area contributed by atoms with Gasteiger partial charge in [-0.3, -0.25) is 0 Å². The molecular weight excluding hydrogens is 281 g/mol. The van der Waals surface area contributed by atoms with Crippen LogP contribution in [0.5, 0.6) is 11.5 Å². The van der Waals surface area contributed by atoms with Crippen molar-refractivity contribution < 1.29 is 13.5 Å². The molecule has 0 amide bonds. The summed E-state index contributed by atoms with van der Waals surface area (Å²) in [6, 6.07) is 8.25. The second-order valence-corrected chi connectivity index (χ2v) is 4.25. The average Bonchev–Trinajstić information content (AvgIpc) is 2.36. The van der Waals surface area contributed by atoms with Crippen LogP contribution in [-0.2, 0) is 5.88 Å². The average molecular weight is 289 g/mol. The molecule has 0 spiro atoms. The first-order chi connectivity index (χ1) is 8.60. The summed E-state index contributed by atoms with van der Waals surface area (Å²) < 4.78 is 32.0. The van der Waals surface area contributed by atoms with Crippen LogP contribution < -0.4 is 4.74 Å². The fourth-order valence-corrected chi connectivity index (χ4v) is 1.66. The van der Waals surface area contributed by atoms with Crippen molar-refractivity contribution in [2.24, 2.45) is 0 Å². The number of halogens is 4. The van der Waals surface area contributed by atoms with Gasteiger partial charge < -0.3 is 4.74 Å². The van der Waals surface area contributed by atoms with Crippen LogP contribution in [0.1, 0.15) is 5.56 Å². The van der Waals surface area contributed by atoms with Gasteiger partial charge in [0.15, 0.2) is 11.6 Å². The minimum atomic E-state index is -0.619. The summed E-state index contributed by atoms with van der Waals surface area (Å²) in [6.45, 7) is 0. The molecule has 2 rings (SSSR count). The number of hydrogen-bond donors (Lipinski definition) is 0. The fraction of sp³-hybridized carbons (Fsp3) is 0.0769. The zero-order valence-electron chi connectivity index (χ0n) is 9.09. The molecule has 0 aromatic heterocycles. The minimum Gasteiger partial charge on any atom is -0.454 e. The van der Waals surface area contributed by atoms with Gasteiger partial charge in [0.25, 0.3) is 0 Å². The predicted molar refractivity (Wildman–Crippen MR) is 67.4 cm³/mol. The Kier molecular flexibility index (Phi) is 4.04. The monoisotopic (exact) mass is 288 g/mol. The Balaban J connectivity index is 2.25. The highest BCUT2D eigenvalue weighted by atomic mass is 35.5. The SMILES string of the molecule is Fc1cc(Oc2ccc(CCl)cc2F)ccc1Cl. The lowest BCUT2D eigenvalue weighted by molar-refractivity contribution is 0.438. The van der Waals surface area contributed by atoms with E-state index in [-0.39, 0.29) is 22.4 Å². The smallest absolute Gasteiger partial charge is 0.166 e. The first-order valence-corrected chi connectivity index (χ1v) is 5.98. The van der Waals surface area contributed by atoms with Crippen LogP contribution in [-0.4, -0.2) is 0 Å². The topological polar surface area (TPSA) is 9.23 Å². The summed E-state index contributed by atoms with van der Waals surface area (Å²) >= 11 is 11.1. The predicted octanol–water partition coefficient (Wildman–Crippen LogP) is 5.15. The highest BCUT2D eigenvalue weighted by Crippen LogP contribution is 2.28. The summed E-state index contributed by atoms with van der Waals surface area (Å²) in [5, 5.41) is -0.0136. The molecule has 0 radical (unpaired) electrons. The van der Waals surface area contributed by atoms with Gasteiger partial charge in [0.05, 0.1) is 5.02 Å². The fourth-order valence-electron chi connectivity index (χ4n) is 1.38. The van der Waals surface area contributed by atoms with Crippen LogP contribution in [0, 0.1) is 11.6 Å². The summed E-state index contributed by atoms with van der Waals surface area (Å²) in [5.41, 5.74) is 0.642. The van der Waals surface area contributed by atoms with Gasteiger partial charge in [0.1, 0.15) is 11.6 Å². The lowest BCUT2D eigenvalue weighted by Crippen LogP contribution is -1.91. The van der Waals surface area contributed by atoms with Gasteiger partial charge in [-0.05, 0) is 29.8 Å². The van der Waals surface area contributed by atoms with Gasteiger partial charge in [0.2, 0.25) is 0 Å². The Labute approximate surface area is 113 Å². The van der Waals surface area contributed by atoms with E-state index in [9.17, 15) is 8.78 Å². The standard InChI is InChI=1S/C13H8Cl2F2O/c14-7-8-1-4-13(12(17)5-8)18-9-2-3-10(15)11(16)6-9/h1-6H,7H2. The number of alkyl halides is 1. The molecule has 0 aliphatic rings. The molecular formula is C13H8Cl2F2O. The van der Waals surface area contributed by atoms with Crippen LogP contribution in [0.3, 0.4) is 0 Å². The molecule has 0 saturated heterocycles. The first-order valence-electron chi connectivity index (χ1n) is 5.07. The van der Waals surface area contributed by atoms with Gasteiger partial charge in [-0.1, -0.05) is 17.7 Å². The summed E-state index contributed by atoms with van der Waals surface area (Å²) in [7, 11) is 0. The Morgan fingerprint density at radius 1 is 1.00 bits per heavy atom. The highest BCUT2D eigenvalue weighted by Gasteiger charge is 2.07. The van der Waals surface area contributed by atoms with Gasteiger partial charge in [-0.25, -0.2) is 8.78 Å². The van der Waals surface area contributed by atoms with Crippen molar-refractivity contribution in [1.29, 1.82) is 0 Å². The molecule has 1 nitrogen and oxygen atoms in total. The minimum absolute atomic E-state index is 0.00518. The highest BCUT2D eigenvalue weighted by molar-refractivity contribution is 6.30. The number of benzene rings is 2. The maximum absolute atomic E-state index is 13.6. The summed E-state index contributed by atoms with van der Waals surface area (Å²) in [6.07, 6.45) is 0. The quantitative estimate of drug-likeness (QED) is 0.710. The van der Waals surface area contributed by atoms with Crippen molar-refractivity contribution >= 4 is 23.2 Å². The Morgan fingerprint density at radius 3 is 2.39 bits per heavy atom. The van der Waals surface area contributed by atoms with Crippen molar-refractivity contribution in [2.75, 3.05) is 0 Å². The van der Waals surface area contributed by atoms with E-state index >= 15 is 0 Å². The Morgan fingerprint density at radius 2 is 1.78 bits per heavy atom. The van der Waals surface area contributed by atoms with E-state index in [1.807, 2.05) is 0 Å². The van der Waals surface area contributed by atoms with Crippen LogP contribution >= 0.6 is 23.2 Å². The van der Waals surface area contributed by atoms with Crippen LogP contribution in [0.25, 0.3) is 0 Å². The van der Waals surface area contributed by atoms with Crippen molar-refractivity contribution in [1.82, 2.24) is 0 Å². The van der Waals surface area contributed by atoms with E-state index in [1.54, 1.807) is 6.07 Å². The second-order valence-electron chi connectivity index (χ2n) is 3.58. The molecule has 0 N–H and O–H groups in total. The zero-order valence-corrected chi connectivity index (χ0v) is 10.6. The van der Waals surface area contributed by atoms with E-state index < -0.39 is 11.6 Å². The van der Waals surface area contributed by atoms with E-state index in [0.717, 1.165) is 6.07 Å². The Bertz CT molecular complexity index is 573. The van der Waals surface area contributed by atoms with Crippen LogP contribution in [0.4, 0.5) is 8.78 Å². The van der Waals surface area contributed by atoms with Gasteiger partial charge in [-0.15, -0.1) is 11.6 Å². The molecule has 94 valence electrons. The Hall–Kier alpha value is -1.32. The van der Waals surface area contributed by atoms with Crippen LogP contribution in [0.15, 0.2) is 36.4 Å². The molecule has 2 aromatic carbocycles. The molecule has 0 aliphatic carbocycles. The number of hydrogen-bond acceptors (Lipinski definition) is 1. The zero-order chi connectivity index (χ0) is 13.1. The summed E-state index contributed by atoms with van der Waals surface area (Å²) in [5.74, 6) is -0.775. The molecule has 0 unspecified atom stereocenters. The lowest BCUT2D eigenvalue weighted by Gasteiger charge is -2.08.